The average molecular weight is 290 g/mol. The van der Waals surface area contributed by atoms with Gasteiger partial charge in [-0.2, -0.15) is 5.10 Å². The van der Waals surface area contributed by atoms with Gasteiger partial charge in [0, 0.05) is 12.7 Å². The number of nitrogens with two attached hydrogens (primary N) is 1. The van der Waals surface area contributed by atoms with Gasteiger partial charge in [0.2, 0.25) is 0 Å². The predicted octanol–water partition coefficient (Wildman–Crippen LogP) is 0.912. The molecule has 0 aliphatic carbocycles. The molecule has 0 atom stereocenters. The number of ether oxygens (including phenoxy) is 2. The van der Waals surface area contributed by atoms with Crippen LogP contribution in [0, 0.1) is 0 Å². The minimum Gasteiger partial charge on any atom is -0.496 e. The average Bonchev–Trinajstić information content (AvgIpc) is 2.91. The number of nitrogens with zero attached hydrogens (tertiary/aromatic N) is 2. The van der Waals surface area contributed by atoms with Crippen LogP contribution in [0.15, 0.2) is 30.6 Å². The number of anilines is 1. The lowest BCUT2D eigenvalue weighted by Crippen LogP contribution is -2.28. The summed E-state index contributed by atoms with van der Waals surface area (Å²) < 4.78 is 12.1. The molecule has 2 rings (SSSR count). The molecule has 0 aliphatic rings. The van der Waals surface area contributed by atoms with E-state index in [0.29, 0.717) is 35.8 Å². The van der Waals surface area contributed by atoms with Gasteiger partial charge in [-0.25, -0.2) is 0 Å². The molecule has 0 fully saturated rings. The molecule has 1 aromatic heterocycles. The Morgan fingerprint density at radius 2 is 2.00 bits per heavy atom. The van der Waals surface area contributed by atoms with Crippen LogP contribution in [0.1, 0.15) is 10.4 Å². The van der Waals surface area contributed by atoms with Gasteiger partial charge in [-0.15, -0.1) is 0 Å². The molecular formula is C14H18N4O3. The van der Waals surface area contributed by atoms with Crippen molar-refractivity contribution < 1.29 is 14.3 Å². The first-order chi connectivity index (χ1) is 10.2. The van der Waals surface area contributed by atoms with E-state index in [1.54, 1.807) is 35.3 Å². The topological polar surface area (TPSA) is 91.4 Å². The number of aromatic nitrogens is 2. The SMILES string of the molecule is COc1cccc(OC)c1C(=O)NCCn1cc(N)cn1. The number of hydrogen-bond acceptors (Lipinski definition) is 5. The molecule has 1 amide bonds. The number of nitrogens with one attached hydrogen (secondary N) is 1. The highest BCUT2D eigenvalue weighted by molar-refractivity contribution is 5.99. The maximum Gasteiger partial charge on any atom is 0.258 e. The van der Waals surface area contributed by atoms with Crippen LogP contribution in [0.25, 0.3) is 0 Å². The van der Waals surface area contributed by atoms with Gasteiger partial charge in [-0.1, -0.05) is 6.07 Å². The van der Waals surface area contributed by atoms with Crippen molar-refractivity contribution in [1.29, 1.82) is 0 Å². The molecular weight excluding hydrogens is 272 g/mol. The smallest absolute Gasteiger partial charge is 0.258 e. The standard InChI is InChI=1S/C14H18N4O3/c1-20-11-4-3-5-12(21-2)13(11)14(19)16-6-7-18-9-10(15)8-17-18/h3-5,8-9H,6-7,15H2,1-2H3,(H,16,19). The Labute approximate surface area is 122 Å². The fourth-order valence-electron chi connectivity index (χ4n) is 1.95. The Bertz CT molecular complexity index is 602. The lowest BCUT2D eigenvalue weighted by atomic mass is 10.1. The maximum atomic E-state index is 12.3. The quantitative estimate of drug-likeness (QED) is 0.825. The van der Waals surface area contributed by atoms with Crippen LogP contribution in [-0.2, 0) is 6.54 Å². The van der Waals surface area contributed by atoms with E-state index < -0.39 is 0 Å². The summed E-state index contributed by atoms with van der Waals surface area (Å²) in [5.74, 6) is 0.676. The third-order valence-electron chi connectivity index (χ3n) is 2.93. The number of hydrogen-bond donors (Lipinski definition) is 2. The molecule has 112 valence electrons. The van der Waals surface area contributed by atoms with Crippen LogP contribution in [-0.4, -0.2) is 36.5 Å². The number of rotatable bonds is 6. The van der Waals surface area contributed by atoms with Gasteiger partial charge in [0.1, 0.15) is 17.1 Å². The highest BCUT2D eigenvalue weighted by Gasteiger charge is 2.17. The van der Waals surface area contributed by atoms with Crippen molar-refractivity contribution in [3.05, 3.63) is 36.2 Å². The molecule has 3 N–H and O–H groups in total. The third kappa shape index (κ3) is 3.44. The zero-order chi connectivity index (χ0) is 15.2. The van der Waals surface area contributed by atoms with Gasteiger partial charge in [0.05, 0.1) is 32.6 Å². The van der Waals surface area contributed by atoms with E-state index in [0.717, 1.165) is 0 Å². The van der Waals surface area contributed by atoms with Gasteiger partial charge < -0.3 is 20.5 Å². The first-order valence-corrected chi connectivity index (χ1v) is 6.43. The normalized spacial score (nSPS) is 10.2. The van der Waals surface area contributed by atoms with E-state index >= 15 is 0 Å². The Morgan fingerprint density at radius 3 is 2.52 bits per heavy atom. The number of amides is 1. The van der Waals surface area contributed by atoms with E-state index in [4.69, 9.17) is 15.2 Å². The molecule has 2 aromatic rings. The summed E-state index contributed by atoms with van der Waals surface area (Å²) in [6.45, 7) is 0.946. The second-order valence-corrected chi connectivity index (χ2v) is 4.33. The maximum absolute atomic E-state index is 12.3. The van der Waals surface area contributed by atoms with Crippen molar-refractivity contribution in [2.24, 2.45) is 0 Å². The van der Waals surface area contributed by atoms with Crippen LogP contribution >= 0.6 is 0 Å². The molecule has 1 aromatic carbocycles. The first-order valence-electron chi connectivity index (χ1n) is 6.43. The number of carbonyl (C=O) groups excluding carboxylic acids is 1. The summed E-state index contributed by atoms with van der Waals surface area (Å²) in [4.78, 5) is 12.3. The summed E-state index contributed by atoms with van der Waals surface area (Å²) in [7, 11) is 3.02. The summed E-state index contributed by atoms with van der Waals surface area (Å²) in [6, 6.07) is 5.19. The summed E-state index contributed by atoms with van der Waals surface area (Å²) in [5, 5.41) is 6.85. The zero-order valence-corrected chi connectivity index (χ0v) is 12.0. The number of carbonyl (C=O) groups is 1. The van der Waals surface area contributed by atoms with Crippen molar-refractivity contribution in [3.8, 4) is 11.5 Å². The minimum absolute atomic E-state index is 0.260. The van der Waals surface area contributed by atoms with Crippen molar-refractivity contribution in [3.63, 3.8) is 0 Å². The minimum atomic E-state index is -0.260. The number of methoxy groups -OCH3 is 2. The summed E-state index contributed by atoms with van der Waals surface area (Å²) in [5.41, 5.74) is 6.54. The molecule has 0 spiro atoms. The molecule has 21 heavy (non-hydrogen) atoms. The fraction of sp³-hybridized carbons (Fsp3) is 0.286. The van der Waals surface area contributed by atoms with Crippen LogP contribution in [0.5, 0.6) is 11.5 Å². The fourth-order valence-corrected chi connectivity index (χ4v) is 1.95. The van der Waals surface area contributed by atoms with Gasteiger partial charge >= 0.3 is 0 Å². The Morgan fingerprint density at radius 1 is 1.33 bits per heavy atom. The molecule has 0 unspecified atom stereocenters. The number of nitrogen functional groups attached to an aromatic ring is 1. The van der Waals surface area contributed by atoms with Gasteiger partial charge in [0.15, 0.2) is 0 Å². The molecule has 7 nitrogen and oxygen atoms in total. The van der Waals surface area contributed by atoms with Crippen molar-refractivity contribution in [2.45, 2.75) is 6.54 Å². The predicted molar refractivity (Wildman–Crippen MR) is 78.5 cm³/mol. The molecule has 0 bridgehead atoms. The molecule has 0 saturated carbocycles. The number of benzene rings is 1. The molecule has 0 radical (unpaired) electrons. The van der Waals surface area contributed by atoms with Crippen LogP contribution < -0.4 is 20.5 Å². The highest BCUT2D eigenvalue weighted by atomic mass is 16.5. The van der Waals surface area contributed by atoms with E-state index in [1.807, 2.05) is 0 Å². The Balaban J connectivity index is 2.03. The zero-order valence-electron chi connectivity index (χ0n) is 12.0. The van der Waals surface area contributed by atoms with Crippen molar-refractivity contribution >= 4 is 11.6 Å². The second-order valence-electron chi connectivity index (χ2n) is 4.33. The highest BCUT2D eigenvalue weighted by Crippen LogP contribution is 2.27. The van der Waals surface area contributed by atoms with E-state index in [9.17, 15) is 4.79 Å². The summed E-state index contributed by atoms with van der Waals surface area (Å²) in [6.07, 6.45) is 3.26. The largest absolute Gasteiger partial charge is 0.496 e. The van der Waals surface area contributed by atoms with Gasteiger partial charge in [0.25, 0.3) is 5.91 Å². The molecule has 7 heteroatoms. The lowest BCUT2D eigenvalue weighted by Gasteiger charge is -2.13. The first kappa shape index (κ1) is 14.7. The second kappa shape index (κ2) is 6.65. The Kier molecular flexibility index (Phi) is 4.65. The third-order valence-corrected chi connectivity index (χ3v) is 2.93. The van der Waals surface area contributed by atoms with E-state index in [-0.39, 0.29) is 5.91 Å². The molecule has 0 aliphatic heterocycles. The van der Waals surface area contributed by atoms with Crippen LogP contribution in [0.4, 0.5) is 5.69 Å². The van der Waals surface area contributed by atoms with Crippen molar-refractivity contribution in [2.75, 3.05) is 26.5 Å². The lowest BCUT2D eigenvalue weighted by molar-refractivity contribution is 0.0945. The monoisotopic (exact) mass is 290 g/mol. The van der Waals surface area contributed by atoms with E-state index in [1.165, 1.54) is 14.2 Å². The molecule has 0 saturated heterocycles. The van der Waals surface area contributed by atoms with Crippen molar-refractivity contribution in [1.82, 2.24) is 15.1 Å². The Hall–Kier alpha value is -2.70. The van der Waals surface area contributed by atoms with E-state index in [2.05, 4.69) is 10.4 Å². The van der Waals surface area contributed by atoms with Gasteiger partial charge in [-0.3, -0.25) is 9.48 Å². The van der Waals surface area contributed by atoms with Gasteiger partial charge in [-0.05, 0) is 12.1 Å². The van der Waals surface area contributed by atoms with Crippen LogP contribution in [0.2, 0.25) is 0 Å². The van der Waals surface area contributed by atoms with Crippen LogP contribution in [0.3, 0.4) is 0 Å². The summed E-state index contributed by atoms with van der Waals surface area (Å²) >= 11 is 0. The molecule has 1 heterocycles.